The number of hydrogen-bond acceptors (Lipinski definition) is 4. The second kappa shape index (κ2) is 7.79. The molecule has 0 fully saturated rings. The van der Waals surface area contributed by atoms with Gasteiger partial charge in [0.15, 0.2) is 6.10 Å². The van der Waals surface area contributed by atoms with Gasteiger partial charge in [-0.05, 0) is 39.0 Å². The molecular weight excluding hydrogens is 318 g/mol. The van der Waals surface area contributed by atoms with Crippen LogP contribution in [0.5, 0.6) is 0 Å². The largest absolute Gasteiger partial charge is 0.449 e. The fraction of sp³-hybridized carbons (Fsp3) is 0.316. The predicted octanol–water partition coefficient (Wildman–Crippen LogP) is 2.64. The Kier molecular flexibility index (Phi) is 5.75. The van der Waals surface area contributed by atoms with Gasteiger partial charge in [0, 0.05) is 37.1 Å². The van der Waals surface area contributed by atoms with E-state index in [0.29, 0.717) is 0 Å². The molecule has 0 spiro atoms. The quantitative estimate of drug-likeness (QED) is 0.619. The molecular formula is C19H23N3O3. The molecule has 1 aromatic carbocycles. The van der Waals surface area contributed by atoms with E-state index in [1.165, 1.54) is 11.0 Å². The maximum atomic E-state index is 12.4. The van der Waals surface area contributed by atoms with Crippen LogP contribution in [0.4, 0.5) is 5.69 Å². The number of esters is 1. The van der Waals surface area contributed by atoms with Gasteiger partial charge in [-0.2, -0.15) is 5.10 Å². The van der Waals surface area contributed by atoms with Gasteiger partial charge in [-0.25, -0.2) is 4.79 Å². The van der Waals surface area contributed by atoms with E-state index in [1.807, 2.05) is 51.2 Å². The van der Waals surface area contributed by atoms with E-state index in [9.17, 15) is 9.59 Å². The highest BCUT2D eigenvalue weighted by molar-refractivity contribution is 5.98. The highest BCUT2D eigenvalue weighted by Crippen LogP contribution is 2.15. The Balaban J connectivity index is 2.00. The van der Waals surface area contributed by atoms with Crippen molar-refractivity contribution in [2.45, 2.75) is 26.9 Å². The summed E-state index contributed by atoms with van der Waals surface area (Å²) in [7, 11) is 3.50. The zero-order valence-electron chi connectivity index (χ0n) is 15.2. The van der Waals surface area contributed by atoms with Crippen molar-refractivity contribution >= 4 is 23.6 Å². The van der Waals surface area contributed by atoms with E-state index in [0.717, 1.165) is 22.6 Å². The van der Waals surface area contributed by atoms with Gasteiger partial charge in [-0.3, -0.25) is 9.48 Å². The van der Waals surface area contributed by atoms with Crippen molar-refractivity contribution in [3.63, 3.8) is 0 Å². The summed E-state index contributed by atoms with van der Waals surface area (Å²) in [5, 5.41) is 4.29. The Morgan fingerprint density at radius 2 is 1.88 bits per heavy atom. The average molecular weight is 341 g/mol. The predicted molar refractivity (Wildman–Crippen MR) is 97.1 cm³/mol. The lowest BCUT2D eigenvalue weighted by Gasteiger charge is -2.21. The summed E-state index contributed by atoms with van der Waals surface area (Å²) in [6, 6.07) is 9.20. The molecule has 2 aromatic rings. The van der Waals surface area contributed by atoms with Crippen LogP contribution in [0.1, 0.15) is 23.9 Å². The molecule has 0 saturated heterocycles. The molecule has 2 rings (SSSR count). The maximum absolute atomic E-state index is 12.4. The highest BCUT2D eigenvalue weighted by atomic mass is 16.5. The molecule has 6 heteroatoms. The number of carbonyl (C=O) groups is 2. The zero-order valence-corrected chi connectivity index (χ0v) is 15.2. The van der Waals surface area contributed by atoms with Gasteiger partial charge in [-0.1, -0.05) is 18.2 Å². The first kappa shape index (κ1) is 18.4. The summed E-state index contributed by atoms with van der Waals surface area (Å²) in [5.41, 5.74) is 3.40. The fourth-order valence-corrected chi connectivity index (χ4v) is 2.50. The van der Waals surface area contributed by atoms with Gasteiger partial charge in [0.25, 0.3) is 5.91 Å². The van der Waals surface area contributed by atoms with Crippen LogP contribution in [0.2, 0.25) is 0 Å². The number of rotatable bonds is 5. The average Bonchev–Trinajstić information content (AvgIpc) is 2.84. The van der Waals surface area contributed by atoms with Crippen LogP contribution in [0.25, 0.3) is 6.08 Å². The lowest BCUT2D eigenvalue weighted by Crippen LogP contribution is -2.37. The van der Waals surface area contributed by atoms with Gasteiger partial charge in [-0.15, -0.1) is 0 Å². The molecule has 0 saturated carbocycles. The minimum Gasteiger partial charge on any atom is -0.449 e. The molecule has 6 nitrogen and oxygen atoms in total. The molecule has 132 valence electrons. The third-order valence-corrected chi connectivity index (χ3v) is 4.07. The highest BCUT2D eigenvalue weighted by Gasteiger charge is 2.21. The second-order valence-corrected chi connectivity index (χ2v) is 5.85. The third-order valence-electron chi connectivity index (χ3n) is 4.07. The van der Waals surface area contributed by atoms with Crippen molar-refractivity contribution in [3.8, 4) is 0 Å². The number of likely N-dealkylation sites (N-methyl/N-ethyl adjacent to an activating group) is 1. The van der Waals surface area contributed by atoms with E-state index >= 15 is 0 Å². The van der Waals surface area contributed by atoms with E-state index in [-0.39, 0.29) is 5.91 Å². The Labute approximate surface area is 147 Å². The number of anilines is 1. The van der Waals surface area contributed by atoms with Crippen LogP contribution in [0.3, 0.4) is 0 Å². The lowest BCUT2D eigenvalue weighted by atomic mass is 10.2. The topological polar surface area (TPSA) is 64.4 Å². The molecule has 1 atom stereocenters. The SMILES string of the molecule is Cc1nn(C)c(C)c1/C=C/C(=O)O[C@H](C)C(=O)N(C)c1ccccc1. The van der Waals surface area contributed by atoms with E-state index in [4.69, 9.17) is 4.74 Å². The number of carbonyl (C=O) groups excluding carboxylic acids is 2. The molecule has 0 aliphatic carbocycles. The van der Waals surface area contributed by atoms with Crippen molar-refractivity contribution in [2.75, 3.05) is 11.9 Å². The Morgan fingerprint density at radius 1 is 1.24 bits per heavy atom. The van der Waals surface area contributed by atoms with Gasteiger partial charge in [0.2, 0.25) is 0 Å². The second-order valence-electron chi connectivity index (χ2n) is 5.85. The van der Waals surface area contributed by atoms with Gasteiger partial charge in [0.1, 0.15) is 0 Å². The summed E-state index contributed by atoms with van der Waals surface area (Å²) in [4.78, 5) is 25.9. The number of nitrogens with zero attached hydrogens (tertiary/aromatic N) is 3. The molecule has 0 bridgehead atoms. The number of amides is 1. The summed E-state index contributed by atoms with van der Waals surface area (Å²) < 4.78 is 6.97. The molecule has 0 aliphatic rings. The normalized spacial score (nSPS) is 12.2. The number of aryl methyl sites for hydroxylation is 2. The molecule has 1 heterocycles. The molecule has 0 aliphatic heterocycles. The van der Waals surface area contributed by atoms with Gasteiger partial charge in [0.05, 0.1) is 5.69 Å². The van der Waals surface area contributed by atoms with Gasteiger partial charge < -0.3 is 9.64 Å². The van der Waals surface area contributed by atoms with Crippen LogP contribution in [-0.4, -0.2) is 34.8 Å². The fourth-order valence-electron chi connectivity index (χ4n) is 2.50. The summed E-state index contributed by atoms with van der Waals surface area (Å²) in [5.74, 6) is -0.855. The Morgan fingerprint density at radius 3 is 2.44 bits per heavy atom. The third kappa shape index (κ3) is 4.35. The van der Waals surface area contributed by atoms with E-state index in [2.05, 4.69) is 5.10 Å². The van der Waals surface area contributed by atoms with Crippen molar-refractivity contribution in [3.05, 3.63) is 53.4 Å². The van der Waals surface area contributed by atoms with Crippen molar-refractivity contribution in [1.29, 1.82) is 0 Å². The minimum absolute atomic E-state index is 0.290. The van der Waals surface area contributed by atoms with Crippen molar-refractivity contribution in [1.82, 2.24) is 9.78 Å². The van der Waals surface area contributed by atoms with Crippen molar-refractivity contribution in [2.24, 2.45) is 7.05 Å². The Bertz CT molecular complexity index is 794. The molecule has 0 radical (unpaired) electrons. The summed E-state index contributed by atoms with van der Waals surface area (Å²) in [6.07, 6.45) is 2.11. The van der Waals surface area contributed by atoms with Crippen LogP contribution >= 0.6 is 0 Å². The van der Waals surface area contributed by atoms with Crippen LogP contribution in [0.15, 0.2) is 36.4 Å². The zero-order chi connectivity index (χ0) is 18.6. The van der Waals surface area contributed by atoms with Crippen molar-refractivity contribution < 1.29 is 14.3 Å². The standard InChI is InChI=1S/C19H23N3O3/c1-13-17(14(2)22(5)20-13)11-12-18(23)25-15(3)19(24)21(4)16-9-7-6-8-10-16/h6-12,15H,1-5H3/b12-11+/t15-/m1/s1. The summed E-state index contributed by atoms with van der Waals surface area (Å²) in [6.45, 7) is 5.36. The first-order valence-electron chi connectivity index (χ1n) is 8.02. The maximum Gasteiger partial charge on any atom is 0.331 e. The first-order chi connectivity index (χ1) is 11.8. The number of aromatic nitrogens is 2. The molecule has 1 amide bonds. The van der Waals surface area contributed by atoms with Crippen LogP contribution in [0, 0.1) is 13.8 Å². The number of benzene rings is 1. The Hall–Kier alpha value is -2.89. The number of hydrogen-bond donors (Lipinski definition) is 0. The first-order valence-corrected chi connectivity index (χ1v) is 8.02. The summed E-state index contributed by atoms with van der Waals surface area (Å²) >= 11 is 0. The minimum atomic E-state index is -0.876. The smallest absolute Gasteiger partial charge is 0.331 e. The van der Waals surface area contributed by atoms with Crippen LogP contribution < -0.4 is 4.90 Å². The van der Waals surface area contributed by atoms with E-state index < -0.39 is 12.1 Å². The molecule has 25 heavy (non-hydrogen) atoms. The van der Waals surface area contributed by atoms with Crippen LogP contribution in [-0.2, 0) is 21.4 Å². The van der Waals surface area contributed by atoms with Gasteiger partial charge >= 0.3 is 5.97 Å². The lowest BCUT2D eigenvalue weighted by molar-refractivity contribution is -0.148. The molecule has 0 unspecified atom stereocenters. The molecule has 0 N–H and O–H groups in total. The molecule has 1 aromatic heterocycles. The number of para-hydroxylation sites is 1. The number of ether oxygens (including phenoxy) is 1. The van der Waals surface area contributed by atoms with E-state index in [1.54, 1.807) is 24.7 Å². The monoisotopic (exact) mass is 341 g/mol.